The van der Waals surface area contributed by atoms with Crippen LogP contribution in [0.15, 0.2) is 28.7 Å². The third-order valence-corrected chi connectivity index (χ3v) is 5.47. The summed E-state index contributed by atoms with van der Waals surface area (Å²) in [5, 5.41) is 13.4. The van der Waals surface area contributed by atoms with E-state index in [0.29, 0.717) is 31.7 Å². The smallest absolute Gasteiger partial charge is 0.255 e. The van der Waals surface area contributed by atoms with Gasteiger partial charge >= 0.3 is 0 Å². The molecule has 1 aromatic heterocycles. The molecule has 1 fully saturated rings. The molecule has 1 aliphatic rings. The van der Waals surface area contributed by atoms with Crippen molar-refractivity contribution >= 4 is 16.9 Å². The lowest BCUT2D eigenvalue weighted by molar-refractivity contribution is 0.00282. The largest absolute Gasteiger partial charge is 0.460 e. The summed E-state index contributed by atoms with van der Waals surface area (Å²) in [7, 11) is 0. The monoisotopic (exact) mass is 359 g/mol. The standard InChI is InChI=1S/C21H29NO4/c1-2-3-7-18-19(16-6-4-5-8-17(16)26-18)20(24)22-15-21(9-12-23)10-13-25-14-11-21/h4-6,8,23H,2-3,7,9-15H2,1H3,(H,22,24). The number of unbranched alkanes of at least 4 members (excludes halogenated alkanes) is 1. The number of para-hydroxylation sites is 1. The van der Waals surface area contributed by atoms with Crippen molar-refractivity contribution in [2.24, 2.45) is 5.41 Å². The molecule has 1 saturated heterocycles. The van der Waals surface area contributed by atoms with Gasteiger partial charge in [-0.25, -0.2) is 0 Å². The summed E-state index contributed by atoms with van der Waals surface area (Å²) in [6.07, 6.45) is 5.23. The Morgan fingerprint density at radius 2 is 2.04 bits per heavy atom. The molecule has 0 atom stereocenters. The molecule has 0 unspecified atom stereocenters. The molecule has 1 aliphatic heterocycles. The molecule has 0 bridgehead atoms. The fourth-order valence-corrected chi connectivity index (χ4v) is 3.77. The predicted molar refractivity (Wildman–Crippen MR) is 101 cm³/mol. The number of carbonyl (C=O) groups excluding carboxylic acids is 1. The number of rotatable bonds is 8. The van der Waals surface area contributed by atoms with Gasteiger partial charge in [0.25, 0.3) is 5.91 Å². The van der Waals surface area contributed by atoms with Crippen molar-refractivity contribution in [3.63, 3.8) is 0 Å². The van der Waals surface area contributed by atoms with Gasteiger partial charge in [-0.1, -0.05) is 31.5 Å². The predicted octanol–water partition coefficient (Wildman–Crippen LogP) is 3.68. The lowest BCUT2D eigenvalue weighted by Crippen LogP contribution is -2.42. The van der Waals surface area contributed by atoms with Crippen LogP contribution in [0.5, 0.6) is 0 Å². The lowest BCUT2D eigenvalue weighted by atomic mass is 9.77. The Hall–Kier alpha value is -1.85. The molecular formula is C21H29NO4. The second-order valence-corrected chi connectivity index (χ2v) is 7.27. The summed E-state index contributed by atoms with van der Waals surface area (Å²) in [4.78, 5) is 13.0. The molecule has 1 aromatic carbocycles. The second kappa shape index (κ2) is 8.69. The number of hydrogen-bond acceptors (Lipinski definition) is 4. The average Bonchev–Trinajstić information content (AvgIpc) is 3.04. The second-order valence-electron chi connectivity index (χ2n) is 7.27. The minimum absolute atomic E-state index is 0.0776. The molecule has 0 saturated carbocycles. The molecule has 142 valence electrons. The molecule has 2 N–H and O–H groups in total. The van der Waals surface area contributed by atoms with Crippen molar-refractivity contribution in [1.82, 2.24) is 5.32 Å². The van der Waals surface area contributed by atoms with Gasteiger partial charge in [0.05, 0.1) is 5.56 Å². The highest BCUT2D eigenvalue weighted by Gasteiger charge is 2.33. The van der Waals surface area contributed by atoms with Gasteiger partial charge in [0.15, 0.2) is 0 Å². The van der Waals surface area contributed by atoms with Crippen molar-refractivity contribution in [3.8, 4) is 0 Å². The van der Waals surface area contributed by atoms with E-state index in [2.05, 4.69) is 12.2 Å². The summed E-state index contributed by atoms with van der Waals surface area (Å²) >= 11 is 0. The molecule has 3 rings (SSSR count). The Morgan fingerprint density at radius 3 is 2.77 bits per heavy atom. The maximum absolute atomic E-state index is 13.0. The van der Waals surface area contributed by atoms with E-state index in [1.165, 1.54) is 0 Å². The highest BCUT2D eigenvalue weighted by atomic mass is 16.5. The summed E-state index contributed by atoms with van der Waals surface area (Å²) < 4.78 is 11.4. The maximum atomic E-state index is 13.0. The number of benzene rings is 1. The van der Waals surface area contributed by atoms with Crippen LogP contribution in [0.4, 0.5) is 0 Å². The summed E-state index contributed by atoms with van der Waals surface area (Å²) in [5.74, 6) is 0.693. The number of nitrogens with one attached hydrogen (secondary N) is 1. The van der Waals surface area contributed by atoms with E-state index in [1.54, 1.807) is 0 Å². The number of ether oxygens (including phenoxy) is 1. The van der Waals surface area contributed by atoms with Crippen LogP contribution in [0.1, 0.15) is 55.1 Å². The molecule has 2 heterocycles. The summed E-state index contributed by atoms with van der Waals surface area (Å²) in [6, 6.07) is 7.72. The zero-order valence-corrected chi connectivity index (χ0v) is 15.6. The number of aliphatic hydroxyl groups excluding tert-OH is 1. The highest BCUT2D eigenvalue weighted by molar-refractivity contribution is 6.07. The van der Waals surface area contributed by atoms with Crippen LogP contribution < -0.4 is 5.32 Å². The van der Waals surface area contributed by atoms with E-state index >= 15 is 0 Å². The summed E-state index contributed by atoms with van der Waals surface area (Å²) in [5.41, 5.74) is 1.35. The van der Waals surface area contributed by atoms with Crippen molar-refractivity contribution < 1.29 is 19.1 Å². The van der Waals surface area contributed by atoms with Gasteiger partial charge in [-0.15, -0.1) is 0 Å². The molecule has 1 amide bonds. The third kappa shape index (κ3) is 4.10. The van der Waals surface area contributed by atoms with E-state index in [4.69, 9.17) is 9.15 Å². The summed E-state index contributed by atoms with van der Waals surface area (Å²) in [6.45, 7) is 4.19. The number of fused-ring (bicyclic) bond motifs is 1. The number of carbonyl (C=O) groups is 1. The van der Waals surface area contributed by atoms with E-state index in [1.807, 2.05) is 24.3 Å². The van der Waals surface area contributed by atoms with Crippen molar-refractivity contribution in [2.45, 2.75) is 45.4 Å². The van der Waals surface area contributed by atoms with Crippen LogP contribution in [-0.2, 0) is 11.2 Å². The molecule has 2 aromatic rings. The van der Waals surface area contributed by atoms with Crippen LogP contribution in [0, 0.1) is 5.41 Å². The van der Waals surface area contributed by atoms with Crippen molar-refractivity contribution in [1.29, 1.82) is 0 Å². The average molecular weight is 359 g/mol. The van der Waals surface area contributed by atoms with Gasteiger partial charge in [0.1, 0.15) is 11.3 Å². The van der Waals surface area contributed by atoms with Crippen LogP contribution in [0.2, 0.25) is 0 Å². The highest BCUT2D eigenvalue weighted by Crippen LogP contribution is 2.34. The SMILES string of the molecule is CCCCc1oc2ccccc2c1C(=O)NCC1(CCO)CCOCC1. The number of furan rings is 1. The zero-order valence-electron chi connectivity index (χ0n) is 15.6. The van der Waals surface area contributed by atoms with Crippen LogP contribution in [0.3, 0.4) is 0 Å². The van der Waals surface area contributed by atoms with E-state index < -0.39 is 0 Å². The van der Waals surface area contributed by atoms with Gasteiger partial charge in [-0.05, 0) is 37.2 Å². The van der Waals surface area contributed by atoms with E-state index in [0.717, 1.165) is 48.8 Å². The first-order chi connectivity index (χ1) is 12.7. The molecule has 0 spiro atoms. The third-order valence-electron chi connectivity index (χ3n) is 5.47. The zero-order chi connectivity index (χ0) is 18.4. The Morgan fingerprint density at radius 1 is 1.27 bits per heavy atom. The topological polar surface area (TPSA) is 71.7 Å². The number of aliphatic hydroxyl groups is 1. The molecule has 0 radical (unpaired) electrons. The van der Waals surface area contributed by atoms with Gasteiger partial charge in [-0.3, -0.25) is 4.79 Å². The Balaban J connectivity index is 1.80. The minimum atomic E-state index is -0.0788. The molecule has 26 heavy (non-hydrogen) atoms. The maximum Gasteiger partial charge on any atom is 0.255 e. The Bertz CT molecular complexity index is 725. The minimum Gasteiger partial charge on any atom is -0.460 e. The van der Waals surface area contributed by atoms with Crippen LogP contribution in [-0.4, -0.2) is 37.4 Å². The first-order valence-corrected chi connectivity index (χ1v) is 9.66. The van der Waals surface area contributed by atoms with Crippen molar-refractivity contribution in [2.75, 3.05) is 26.4 Å². The Labute approximate surface area is 154 Å². The number of aryl methyl sites for hydroxylation is 1. The number of amides is 1. The van der Waals surface area contributed by atoms with E-state index in [9.17, 15) is 9.90 Å². The molecule has 0 aliphatic carbocycles. The molecular weight excluding hydrogens is 330 g/mol. The molecule has 5 nitrogen and oxygen atoms in total. The first-order valence-electron chi connectivity index (χ1n) is 9.66. The molecule has 5 heteroatoms. The quantitative estimate of drug-likeness (QED) is 0.754. The first kappa shape index (κ1) is 18.9. The van der Waals surface area contributed by atoms with Gasteiger partial charge in [0, 0.05) is 38.2 Å². The lowest BCUT2D eigenvalue weighted by Gasteiger charge is -2.37. The van der Waals surface area contributed by atoms with E-state index in [-0.39, 0.29) is 17.9 Å². The van der Waals surface area contributed by atoms with Gasteiger partial charge < -0.3 is 19.6 Å². The Kier molecular flexibility index (Phi) is 6.33. The van der Waals surface area contributed by atoms with Gasteiger partial charge in [0.2, 0.25) is 0 Å². The van der Waals surface area contributed by atoms with Crippen LogP contribution in [0.25, 0.3) is 11.0 Å². The van der Waals surface area contributed by atoms with Crippen molar-refractivity contribution in [3.05, 3.63) is 35.6 Å². The van der Waals surface area contributed by atoms with Crippen LogP contribution >= 0.6 is 0 Å². The fourth-order valence-electron chi connectivity index (χ4n) is 3.77. The number of hydrogen-bond donors (Lipinski definition) is 2. The normalized spacial score (nSPS) is 16.7. The van der Waals surface area contributed by atoms with Gasteiger partial charge in [-0.2, -0.15) is 0 Å². The fraction of sp³-hybridized carbons (Fsp3) is 0.571.